The lowest BCUT2D eigenvalue weighted by molar-refractivity contribution is 0.0636. The van der Waals surface area contributed by atoms with Gasteiger partial charge in [-0.3, -0.25) is 10.5 Å². The van der Waals surface area contributed by atoms with E-state index in [0.717, 1.165) is 0 Å². The fraction of sp³-hybridized carbons (Fsp3) is 0.333. The molecule has 0 bridgehead atoms. The van der Waals surface area contributed by atoms with Crippen LogP contribution in [-0.2, 0) is 4.74 Å². The van der Waals surface area contributed by atoms with E-state index >= 15 is 0 Å². The van der Waals surface area contributed by atoms with Crippen molar-refractivity contribution in [2.45, 2.75) is 26.4 Å². The Kier molecular flexibility index (Phi) is 4.71. The smallest absolute Gasteiger partial charge is 0.412 e. The summed E-state index contributed by atoms with van der Waals surface area (Å²) in [7, 11) is 0. The molecular weight excluding hydrogens is 250 g/mol. The van der Waals surface area contributed by atoms with Gasteiger partial charge < -0.3 is 10.1 Å². The van der Waals surface area contributed by atoms with Gasteiger partial charge in [0.05, 0.1) is 0 Å². The summed E-state index contributed by atoms with van der Waals surface area (Å²) >= 11 is 0. The predicted octanol–water partition coefficient (Wildman–Crippen LogP) is 2.54. The SMILES string of the molecule is CC(C)(C)OC(=O)Nc1ccc(NC(=O)NO)cc1. The van der Waals surface area contributed by atoms with E-state index in [-0.39, 0.29) is 0 Å². The van der Waals surface area contributed by atoms with Gasteiger partial charge in [0.15, 0.2) is 0 Å². The van der Waals surface area contributed by atoms with Gasteiger partial charge in [-0.05, 0) is 45.0 Å². The average molecular weight is 267 g/mol. The minimum absolute atomic E-state index is 0.473. The van der Waals surface area contributed by atoms with Crippen LogP contribution in [0.15, 0.2) is 24.3 Å². The first-order chi connectivity index (χ1) is 8.80. The van der Waals surface area contributed by atoms with Gasteiger partial charge in [-0.1, -0.05) is 0 Å². The Morgan fingerprint density at radius 1 is 1.05 bits per heavy atom. The number of hydroxylamine groups is 1. The maximum atomic E-state index is 11.5. The van der Waals surface area contributed by atoms with Crippen LogP contribution < -0.4 is 16.1 Å². The first-order valence-corrected chi connectivity index (χ1v) is 5.61. The zero-order valence-corrected chi connectivity index (χ0v) is 11.0. The summed E-state index contributed by atoms with van der Waals surface area (Å²) < 4.78 is 5.09. The van der Waals surface area contributed by atoms with Crippen LogP contribution in [0.3, 0.4) is 0 Å². The molecule has 0 atom stereocenters. The van der Waals surface area contributed by atoms with Gasteiger partial charge in [-0.2, -0.15) is 0 Å². The van der Waals surface area contributed by atoms with Crippen LogP contribution >= 0.6 is 0 Å². The zero-order valence-electron chi connectivity index (χ0n) is 11.0. The minimum Gasteiger partial charge on any atom is -0.444 e. The van der Waals surface area contributed by atoms with E-state index in [2.05, 4.69) is 10.6 Å². The molecule has 4 N–H and O–H groups in total. The number of carbonyl (C=O) groups excluding carboxylic acids is 2. The van der Waals surface area contributed by atoms with E-state index in [1.165, 1.54) is 5.48 Å². The number of rotatable bonds is 2. The molecule has 1 rings (SSSR count). The van der Waals surface area contributed by atoms with Crippen LogP contribution in [0.5, 0.6) is 0 Å². The molecule has 19 heavy (non-hydrogen) atoms. The second kappa shape index (κ2) is 6.05. The molecule has 104 valence electrons. The molecule has 0 spiro atoms. The lowest BCUT2D eigenvalue weighted by atomic mass is 10.2. The fourth-order valence-electron chi connectivity index (χ4n) is 1.22. The number of hydrogen-bond acceptors (Lipinski definition) is 4. The molecule has 3 amide bonds. The topological polar surface area (TPSA) is 99.7 Å². The summed E-state index contributed by atoms with van der Waals surface area (Å²) in [4.78, 5) is 22.3. The van der Waals surface area contributed by atoms with E-state index in [1.807, 2.05) is 0 Å². The number of benzene rings is 1. The largest absolute Gasteiger partial charge is 0.444 e. The van der Waals surface area contributed by atoms with E-state index < -0.39 is 17.7 Å². The summed E-state index contributed by atoms with van der Waals surface area (Å²) in [5, 5.41) is 13.3. The molecule has 0 unspecified atom stereocenters. The predicted molar refractivity (Wildman–Crippen MR) is 70.2 cm³/mol. The lowest BCUT2D eigenvalue weighted by Gasteiger charge is -2.19. The van der Waals surface area contributed by atoms with Crippen molar-refractivity contribution in [3.8, 4) is 0 Å². The third-order valence-corrected chi connectivity index (χ3v) is 1.89. The van der Waals surface area contributed by atoms with Gasteiger partial charge in [0.2, 0.25) is 0 Å². The number of hydrogen-bond donors (Lipinski definition) is 4. The fourth-order valence-corrected chi connectivity index (χ4v) is 1.22. The lowest BCUT2D eigenvalue weighted by Crippen LogP contribution is -2.27. The number of carbonyl (C=O) groups is 2. The number of ether oxygens (including phenoxy) is 1. The first kappa shape index (κ1) is 14.8. The minimum atomic E-state index is -0.743. The Bertz CT molecular complexity index is 451. The number of anilines is 2. The van der Waals surface area contributed by atoms with Crippen LogP contribution in [0.4, 0.5) is 21.0 Å². The van der Waals surface area contributed by atoms with Gasteiger partial charge in [-0.15, -0.1) is 0 Å². The van der Waals surface area contributed by atoms with Crippen LogP contribution in [0.1, 0.15) is 20.8 Å². The summed E-state index contributed by atoms with van der Waals surface area (Å²) in [5.41, 5.74) is 1.89. The number of nitrogens with one attached hydrogen (secondary N) is 3. The highest BCUT2D eigenvalue weighted by Gasteiger charge is 2.16. The van der Waals surface area contributed by atoms with E-state index in [0.29, 0.717) is 11.4 Å². The summed E-state index contributed by atoms with van der Waals surface area (Å²) in [6.07, 6.45) is -0.554. The van der Waals surface area contributed by atoms with Crippen molar-refractivity contribution >= 4 is 23.5 Å². The van der Waals surface area contributed by atoms with Gasteiger partial charge >= 0.3 is 12.1 Å². The molecule has 0 aliphatic carbocycles. The van der Waals surface area contributed by atoms with Crippen molar-refractivity contribution in [3.05, 3.63) is 24.3 Å². The Morgan fingerprint density at radius 3 is 1.95 bits per heavy atom. The monoisotopic (exact) mass is 267 g/mol. The quantitative estimate of drug-likeness (QED) is 0.488. The van der Waals surface area contributed by atoms with E-state index in [4.69, 9.17) is 9.94 Å². The molecule has 0 fully saturated rings. The maximum Gasteiger partial charge on any atom is 0.412 e. The highest BCUT2D eigenvalue weighted by molar-refractivity contribution is 5.89. The normalized spacial score (nSPS) is 10.5. The Balaban J connectivity index is 2.57. The summed E-state index contributed by atoms with van der Waals surface area (Å²) in [6, 6.07) is 5.59. The molecule has 0 aromatic heterocycles. The summed E-state index contributed by atoms with van der Waals surface area (Å²) in [5.74, 6) is 0. The summed E-state index contributed by atoms with van der Waals surface area (Å²) in [6.45, 7) is 5.31. The molecule has 1 aromatic carbocycles. The molecule has 0 aliphatic rings. The van der Waals surface area contributed by atoms with Crippen LogP contribution in [0.25, 0.3) is 0 Å². The van der Waals surface area contributed by atoms with Crippen molar-refractivity contribution in [1.29, 1.82) is 0 Å². The van der Waals surface area contributed by atoms with Crippen molar-refractivity contribution < 1.29 is 19.5 Å². The molecule has 7 nitrogen and oxygen atoms in total. The third kappa shape index (κ3) is 5.73. The molecule has 0 radical (unpaired) electrons. The Hall–Kier alpha value is -2.28. The highest BCUT2D eigenvalue weighted by atomic mass is 16.6. The van der Waals surface area contributed by atoms with Crippen LogP contribution in [-0.4, -0.2) is 22.9 Å². The van der Waals surface area contributed by atoms with Gasteiger partial charge in [0.25, 0.3) is 0 Å². The molecule has 0 aliphatic heterocycles. The zero-order chi connectivity index (χ0) is 14.5. The first-order valence-electron chi connectivity index (χ1n) is 5.61. The Morgan fingerprint density at radius 2 is 1.53 bits per heavy atom. The van der Waals surface area contributed by atoms with Crippen LogP contribution in [0, 0.1) is 0 Å². The van der Waals surface area contributed by atoms with Gasteiger partial charge in [0.1, 0.15) is 5.60 Å². The molecule has 0 heterocycles. The molecule has 0 saturated heterocycles. The average Bonchev–Trinajstić information content (AvgIpc) is 2.29. The van der Waals surface area contributed by atoms with Crippen molar-refractivity contribution in [2.24, 2.45) is 0 Å². The second-order valence-electron chi connectivity index (χ2n) is 4.77. The van der Waals surface area contributed by atoms with Crippen molar-refractivity contribution in [2.75, 3.05) is 10.6 Å². The van der Waals surface area contributed by atoms with Gasteiger partial charge in [-0.25, -0.2) is 15.1 Å². The number of amides is 3. The van der Waals surface area contributed by atoms with E-state index in [1.54, 1.807) is 45.0 Å². The Labute approximate surface area is 110 Å². The molecule has 7 heteroatoms. The van der Waals surface area contributed by atoms with Gasteiger partial charge in [0, 0.05) is 11.4 Å². The molecule has 0 saturated carbocycles. The number of urea groups is 1. The second-order valence-corrected chi connectivity index (χ2v) is 4.77. The van der Waals surface area contributed by atoms with E-state index in [9.17, 15) is 9.59 Å². The molecule has 1 aromatic rings. The highest BCUT2D eigenvalue weighted by Crippen LogP contribution is 2.15. The maximum absolute atomic E-state index is 11.5. The standard InChI is InChI=1S/C12H17N3O4/c1-12(2,3)19-11(17)14-9-6-4-8(5-7-9)13-10(16)15-18/h4-7,18H,1-3H3,(H,14,17)(H2,13,15,16). The van der Waals surface area contributed by atoms with Crippen molar-refractivity contribution in [1.82, 2.24) is 5.48 Å². The van der Waals surface area contributed by atoms with Crippen molar-refractivity contribution in [3.63, 3.8) is 0 Å². The molecular formula is C12H17N3O4. The third-order valence-electron chi connectivity index (χ3n) is 1.89. The van der Waals surface area contributed by atoms with Crippen LogP contribution in [0.2, 0.25) is 0 Å².